The zero-order chi connectivity index (χ0) is 12.3. The van der Waals surface area contributed by atoms with Crippen molar-refractivity contribution in [2.45, 2.75) is 13.8 Å². The summed E-state index contributed by atoms with van der Waals surface area (Å²) in [5.74, 6) is 0.301. The number of aromatic hydroxyl groups is 1. The van der Waals surface area contributed by atoms with Gasteiger partial charge in [0.2, 0.25) is 0 Å². The van der Waals surface area contributed by atoms with Crippen molar-refractivity contribution in [1.82, 2.24) is 0 Å². The molecule has 0 unspecified atom stereocenters. The Morgan fingerprint density at radius 2 is 1.65 bits per heavy atom. The third-order valence-electron chi connectivity index (χ3n) is 2.88. The molecular formula is C15H17NO. The van der Waals surface area contributed by atoms with Crippen LogP contribution in [-0.4, -0.2) is 11.7 Å². The highest BCUT2D eigenvalue weighted by Crippen LogP contribution is 2.28. The molecule has 0 aromatic heterocycles. The number of phenolic OH excluding ortho intramolecular Hbond substituents is 1. The summed E-state index contributed by atoms with van der Waals surface area (Å²) >= 11 is 0. The smallest absolute Gasteiger partial charge is 0.115 e. The van der Waals surface area contributed by atoms with Crippen molar-refractivity contribution in [3.05, 3.63) is 54.1 Å². The molecule has 88 valence electrons. The van der Waals surface area contributed by atoms with Crippen LogP contribution < -0.4 is 4.90 Å². The lowest BCUT2D eigenvalue weighted by atomic mass is 10.1. The van der Waals surface area contributed by atoms with Crippen LogP contribution in [0.25, 0.3) is 0 Å². The zero-order valence-electron chi connectivity index (χ0n) is 10.2. The molecule has 0 heterocycles. The van der Waals surface area contributed by atoms with Crippen LogP contribution in [0.15, 0.2) is 48.5 Å². The summed E-state index contributed by atoms with van der Waals surface area (Å²) in [6, 6.07) is 15.6. The summed E-state index contributed by atoms with van der Waals surface area (Å²) in [5, 5.41) is 9.32. The summed E-state index contributed by atoms with van der Waals surface area (Å²) < 4.78 is 0. The Hall–Kier alpha value is -1.96. The molecule has 0 fully saturated rings. The first-order valence-electron chi connectivity index (χ1n) is 5.84. The first-order valence-corrected chi connectivity index (χ1v) is 5.84. The van der Waals surface area contributed by atoms with Crippen molar-refractivity contribution in [2.75, 3.05) is 11.4 Å². The monoisotopic (exact) mass is 227 g/mol. The molecule has 2 rings (SSSR count). The van der Waals surface area contributed by atoms with Gasteiger partial charge in [-0.3, -0.25) is 0 Å². The molecule has 0 aliphatic rings. The lowest BCUT2D eigenvalue weighted by molar-refractivity contribution is 0.475. The molecule has 0 aliphatic carbocycles. The van der Waals surface area contributed by atoms with Crippen LogP contribution in [0, 0.1) is 6.92 Å². The third kappa shape index (κ3) is 2.41. The Labute approximate surface area is 102 Å². The number of para-hydroxylation sites is 1. The molecule has 1 N–H and O–H groups in total. The quantitative estimate of drug-likeness (QED) is 0.860. The van der Waals surface area contributed by atoms with Crippen LogP contribution in [0.3, 0.4) is 0 Å². The second kappa shape index (κ2) is 4.91. The molecule has 2 aromatic carbocycles. The molecule has 0 atom stereocenters. The summed E-state index contributed by atoms with van der Waals surface area (Å²) in [6.45, 7) is 5.13. The third-order valence-corrected chi connectivity index (χ3v) is 2.88. The van der Waals surface area contributed by atoms with Crippen LogP contribution >= 0.6 is 0 Å². The van der Waals surface area contributed by atoms with E-state index >= 15 is 0 Å². The lowest BCUT2D eigenvalue weighted by Gasteiger charge is -2.25. The van der Waals surface area contributed by atoms with Gasteiger partial charge in [-0.25, -0.2) is 0 Å². The molecule has 0 bridgehead atoms. The van der Waals surface area contributed by atoms with Crippen molar-refractivity contribution in [2.24, 2.45) is 0 Å². The highest BCUT2D eigenvalue weighted by atomic mass is 16.3. The minimum absolute atomic E-state index is 0.301. The maximum atomic E-state index is 9.32. The second-order valence-electron chi connectivity index (χ2n) is 4.05. The van der Waals surface area contributed by atoms with Gasteiger partial charge >= 0.3 is 0 Å². The molecular weight excluding hydrogens is 210 g/mol. The molecule has 0 spiro atoms. The average Bonchev–Trinajstić information content (AvgIpc) is 2.35. The van der Waals surface area contributed by atoms with E-state index in [1.807, 2.05) is 24.3 Å². The van der Waals surface area contributed by atoms with Crippen LogP contribution in [0.1, 0.15) is 12.5 Å². The molecule has 0 amide bonds. The van der Waals surface area contributed by atoms with E-state index < -0.39 is 0 Å². The van der Waals surface area contributed by atoms with E-state index in [0.717, 1.165) is 12.2 Å². The van der Waals surface area contributed by atoms with Crippen LogP contribution in [0.2, 0.25) is 0 Å². The minimum atomic E-state index is 0.301. The maximum absolute atomic E-state index is 9.32. The first kappa shape index (κ1) is 11.5. The molecule has 0 saturated carbocycles. The average molecular weight is 227 g/mol. The van der Waals surface area contributed by atoms with Gasteiger partial charge in [0.05, 0.1) is 0 Å². The highest BCUT2D eigenvalue weighted by Gasteiger charge is 2.08. The Morgan fingerprint density at radius 3 is 2.24 bits per heavy atom. The number of hydrogen-bond acceptors (Lipinski definition) is 2. The molecule has 0 aliphatic heterocycles. The summed E-state index contributed by atoms with van der Waals surface area (Å²) in [7, 11) is 0. The fraction of sp³-hybridized carbons (Fsp3) is 0.200. The fourth-order valence-electron chi connectivity index (χ4n) is 1.99. The van der Waals surface area contributed by atoms with E-state index in [1.54, 1.807) is 12.1 Å². The van der Waals surface area contributed by atoms with Crippen molar-refractivity contribution in [3.63, 3.8) is 0 Å². The van der Waals surface area contributed by atoms with Crippen LogP contribution in [0.4, 0.5) is 11.4 Å². The largest absolute Gasteiger partial charge is 0.508 e. The Bertz CT molecular complexity index is 491. The first-order chi connectivity index (χ1) is 8.22. The van der Waals surface area contributed by atoms with Gasteiger partial charge in [0.25, 0.3) is 0 Å². The number of rotatable bonds is 3. The van der Waals surface area contributed by atoms with Crippen molar-refractivity contribution >= 4 is 11.4 Å². The van der Waals surface area contributed by atoms with E-state index in [2.05, 4.69) is 30.9 Å². The Balaban J connectivity index is 2.40. The lowest BCUT2D eigenvalue weighted by Crippen LogP contribution is -2.16. The Morgan fingerprint density at radius 1 is 1.00 bits per heavy atom. The number of hydrogen-bond donors (Lipinski definition) is 1. The van der Waals surface area contributed by atoms with Crippen LogP contribution in [0.5, 0.6) is 5.75 Å². The second-order valence-corrected chi connectivity index (χ2v) is 4.05. The summed E-state index contributed by atoms with van der Waals surface area (Å²) in [6.07, 6.45) is 0. The van der Waals surface area contributed by atoms with Crippen molar-refractivity contribution < 1.29 is 5.11 Å². The summed E-state index contributed by atoms with van der Waals surface area (Å²) in [4.78, 5) is 2.23. The zero-order valence-corrected chi connectivity index (χ0v) is 10.2. The SMILES string of the molecule is CCN(c1ccc(O)cc1)c1ccccc1C. The van der Waals surface area contributed by atoms with Gasteiger partial charge in [0.15, 0.2) is 0 Å². The topological polar surface area (TPSA) is 23.5 Å². The number of aryl methyl sites for hydroxylation is 1. The number of benzene rings is 2. The predicted molar refractivity (Wildman–Crippen MR) is 72.0 cm³/mol. The van der Waals surface area contributed by atoms with Gasteiger partial charge < -0.3 is 10.0 Å². The van der Waals surface area contributed by atoms with Crippen LogP contribution in [-0.2, 0) is 0 Å². The van der Waals surface area contributed by atoms with E-state index in [9.17, 15) is 5.11 Å². The van der Waals surface area contributed by atoms with E-state index in [-0.39, 0.29) is 0 Å². The Kier molecular flexibility index (Phi) is 3.33. The number of phenols is 1. The van der Waals surface area contributed by atoms with Crippen molar-refractivity contribution in [3.8, 4) is 5.75 Å². The predicted octanol–water partition coefficient (Wildman–Crippen LogP) is 3.86. The van der Waals surface area contributed by atoms with E-state index in [0.29, 0.717) is 5.75 Å². The van der Waals surface area contributed by atoms with Gasteiger partial charge in [-0.05, 0) is 49.7 Å². The van der Waals surface area contributed by atoms with Gasteiger partial charge in [0, 0.05) is 17.9 Å². The maximum Gasteiger partial charge on any atom is 0.115 e. The molecule has 0 saturated heterocycles. The number of anilines is 2. The van der Waals surface area contributed by atoms with Gasteiger partial charge in [0.1, 0.15) is 5.75 Å². The van der Waals surface area contributed by atoms with Gasteiger partial charge in [-0.2, -0.15) is 0 Å². The highest BCUT2D eigenvalue weighted by molar-refractivity contribution is 5.66. The molecule has 2 heteroatoms. The minimum Gasteiger partial charge on any atom is -0.508 e. The summed E-state index contributed by atoms with van der Waals surface area (Å²) in [5.41, 5.74) is 3.56. The normalized spacial score (nSPS) is 10.2. The van der Waals surface area contributed by atoms with Crippen molar-refractivity contribution in [1.29, 1.82) is 0 Å². The van der Waals surface area contributed by atoms with Gasteiger partial charge in [-0.15, -0.1) is 0 Å². The molecule has 2 nitrogen and oxygen atoms in total. The fourth-order valence-corrected chi connectivity index (χ4v) is 1.99. The van der Waals surface area contributed by atoms with E-state index in [4.69, 9.17) is 0 Å². The number of nitrogens with zero attached hydrogens (tertiary/aromatic N) is 1. The van der Waals surface area contributed by atoms with Gasteiger partial charge in [-0.1, -0.05) is 18.2 Å². The van der Waals surface area contributed by atoms with E-state index in [1.165, 1.54) is 11.3 Å². The standard InChI is InChI=1S/C15H17NO/c1-3-16(13-8-10-14(17)11-9-13)15-7-5-4-6-12(15)2/h4-11,17H,3H2,1-2H3. The molecule has 17 heavy (non-hydrogen) atoms. The molecule has 0 radical (unpaired) electrons. The molecule has 2 aromatic rings.